The molecule has 96 valence electrons. The average Bonchev–Trinajstić information content (AvgIpc) is 2.81. The van der Waals surface area contributed by atoms with Gasteiger partial charge in [0, 0.05) is 23.2 Å². The van der Waals surface area contributed by atoms with Crippen LogP contribution in [0, 0.1) is 0 Å². The van der Waals surface area contributed by atoms with Gasteiger partial charge in [-0.2, -0.15) is 0 Å². The summed E-state index contributed by atoms with van der Waals surface area (Å²) in [5, 5.41) is 8.40. The van der Waals surface area contributed by atoms with Gasteiger partial charge in [-0.1, -0.05) is 28.1 Å². The van der Waals surface area contributed by atoms with Crippen molar-refractivity contribution in [2.24, 2.45) is 0 Å². The molecule has 2 heterocycles. The molecular formula is C14H12BrN3O. The second-order valence-corrected chi connectivity index (χ2v) is 5.13. The van der Waals surface area contributed by atoms with Crippen LogP contribution in [-0.2, 0) is 6.42 Å². The number of hydrogen-bond acceptors (Lipinski definition) is 3. The van der Waals surface area contributed by atoms with Gasteiger partial charge in [0.15, 0.2) is 5.65 Å². The maximum Gasteiger partial charge on any atom is 0.164 e. The zero-order valence-electron chi connectivity index (χ0n) is 10.4. The standard InChI is InChI=1S/C14H12BrN3O/c1-19-12-5-6-18-13(16-17-14(18)9-12)8-10-3-2-4-11(15)7-10/h2-7,9H,8H2,1H3. The molecule has 0 amide bonds. The molecule has 3 rings (SSSR count). The summed E-state index contributed by atoms with van der Waals surface area (Å²) in [5.74, 6) is 1.70. The molecule has 0 spiro atoms. The fourth-order valence-electron chi connectivity index (χ4n) is 2.00. The fourth-order valence-corrected chi connectivity index (χ4v) is 2.45. The largest absolute Gasteiger partial charge is 0.497 e. The number of rotatable bonds is 3. The molecule has 0 saturated heterocycles. The highest BCUT2D eigenvalue weighted by Crippen LogP contribution is 2.17. The Morgan fingerprint density at radius 1 is 1.21 bits per heavy atom. The first-order valence-electron chi connectivity index (χ1n) is 5.88. The van der Waals surface area contributed by atoms with Crippen LogP contribution in [0.3, 0.4) is 0 Å². The molecule has 2 aromatic heterocycles. The summed E-state index contributed by atoms with van der Waals surface area (Å²) in [6.45, 7) is 0. The van der Waals surface area contributed by atoms with Crippen LogP contribution in [0.2, 0.25) is 0 Å². The lowest BCUT2D eigenvalue weighted by Crippen LogP contribution is -1.96. The van der Waals surface area contributed by atoms with E-state index in [0.717, 1.165) is 28.1 Å². The zero-order chi connectivity index (χ0) is 13.2. The molecule has 3 aromatic rings. The third kappa shape index (κ3) is 2.46. The van der Waals surface area contributed by atoms with E-state index in [-0.39, 0.29) is 0 Å². The van der Waals surface area contributed by atoms with Crippen molar-refractivity contribution >= 4 is 21.6 Å². The van der Waals surface area contributed by atoms with E-state index in [9.17, 15) is 0 Å². The molecular weight excluding hydrogens is 306 g/mol. The highest BCUT2D eigenvalue weighted by Gasteiger charge is 2.07. The van der Waals surface area contributed by atoms with Crippen LogP contribution in [-0.4, -0.2) is 21.7 Å². The second-order valence-electron chi connectivity index (χ2n) is 4.22. The SMILES string of the molecule is COc1ccn2c(Cc3cccc(Br)c3)nnc2c1. The van der Waals surface area contributed by atoms with Crippen molar-refractivity contribution in [3.05, 3.63) is 58.5 Å². The van der Waals surface area contributed by atoms with Crippen molar-refractivity contribution in [1.29, 1.82) is 0 Å². The Bertz CT molecular complexity index is 724. The molecule has 0 bridgehead atoms. The predicted octanol–water partition coefficient (Wildman–Crippen LogP) is 3.09. The monoisotopic (exact) mass is 317 g/mol. The van der Waals surface area contributed by atoms with Crippen LogP contribution in [0.4, 0.5) is 0 Å². The summed E-state index contributed by atoms with van der Waals surface area (Å²) in [6, 6.07) is 12.0. The molecule has 0 aliphatic heterocycles. The fraction of sp³-hybridized carbons (Fsp3) is 0.143. The summed E-state index contributed by atoms with van der Waals surface area (Å²) in [5.41, 5.74) is 1.99. The summed E-state index contributed by atoms with van der Waals surface area (Å²) >= 11 is 3.48. The van der Waals surface area contributed by atoms with E-state index in [0.29, 0.717) is 0 Å². The number of pyridine rings is 1. The third-order valence-corrected chi connectivity index (χ3v) is 3.43. The van der Waals surface area contributed by atoms with Crippen molar-refractivity contribution in [3.8, 4) is 5.75 Å². The Morgan fingerprint density at radius 2 is 2.11 bits per heavy atom. The predicted molar refractivity (Wildman–Crippen MR) is 76.5 cm³/mol. The lowest BCUT2D eigenvalue weighted by atomic mass is 10.1. The maximum atomic E-state index is 5.18. The minimum absolute atomic E-state index is 0.743. The van der Waals surface area contributed by atoms with Crippen LogP contribution < -0.4 is 4.74 Å². The van der Waals surface area contributed by atoms with E-state index in [1.807, 2.05) is 34.9 Å². The van der Waals surface area contributed by atoms with Gasteiger partial charge in [0.25, 0.3) is 0 Å². The molecule has 5 heteroatoms. The molecule has 0 unspecified atom stereocenters. The van der Waals surface area contributed by atoms with Crippen molar-refractivity contribution in [3.63, 3.8) is 0 Å². The number of benzene rings is 1. The number of ether oxygens (including phenoxy) is 1. The van der Waals surface area contributed by atoms with E-state index in [1.165, 1.54) is 5.56 Å². The Labute approximate surface area is 119 Å². The summed E-state index contributed by atoms with van der Waals surface area (Å²) in [4.78, 5) is 0. The molecule has 0 saturated carbocycles. The summed E-state index contributed by atoms with van der Waals surface area (Å²) < 4.78 is 8.22. The Morgan fingerprint density at radius 3 is 2.89 bits per heavy atom. The van der Waals surface area contributed by atoms with Crippen LogP contribution >= 0.6 is 15.9 Å². The van der Waals surface area contributed by atoms with Gasteiger partial charge in [-0.05, 0) is 23.8 Å². The van der Waals surface area contributed by atoms with Crippen molar-refractivity contribution in [1.82, 2.24) is 14.6 Å². The minimum Gasteiger partial charge on any atom is -0.497 e. The van der Waals surface area contributed by atoms with Gasteiger partial charge in [-0.15, -0.1) is 10.2 Å². The minimum atomic E-state index is 0.743. The van der Waals surface area contributed by atoms with Gasteiger partial charge < -0.3 is 4.74 Å². The van der Waals surface area contributed by atoms with E-state index >= 15 is 0 Å². The molecule has 1 aromatic carbocycles. The molecule has 0 aliphatic rings. The zero-order valence-corrected chi connectivity index (χ0v) is 12.0. The number of halogens is 1. The van der Waals surface area contributed by atoms with Gasteiger partial charge in [-0.25, -0.2) is 0 Å². The number of hydrogen-bond donors (Lipinski definition) is 0. The van der Waals surface area contributed by atoms with Gasteiger partial charge >= 0.3 is 0 Å². The highest BCUT2D eigenvalue weighted by molar-refractivity contribution is 9.10. The molecule has 0 fully saturated rings. The van der Waals surface area contributed by atoms with Gasteiger partial charge in [0.2, 0.25) is 0 Å². The molecule has 0 radical (unpaired) electrons. The Hall–Kier alpha value is -1.88. The number of methoxy groups -OCH3 is 1. The lowest BCUT2D eigenvalue weighted by Gasteiger charge is -2.03. The van der Waals surface area contributed by atoms with E-state index in [2.05, 4.69) is 38.3 Å². The molecule has 19 heavy (non-hydrogen) atoms. The van der Waals surface area contributed by atoms with Crippen molar-refractivity contribution < 1.29 is 4.74 Å². The Kier molecular flexibility index (Phi) is 3.21. The molecule has 0 N–H and O–H groups in total. The van der Waals surface area contributed by atoms with E-state index in [1.54, 1.807) is 7.11 Å². The molecule has 4 nitrogen and oxygen atoms in total. The van der Waals surface area contributed by atoms with Gasteiger partial charge in [0.1, 0.15) is 11.6 Å². The van der Waals surface area contributed by atoms with Gasteiger partial charge in [-0.3, -0.25) is 4.40 Å². The quantitative estimate of drug-likeness (QED) is 0.745. The normalized spacial score (nSPS) is 10.8. The first-order valence-corrected chi connectivity index (χ1v) is 6.67. The third-order valence-electron chi connectivity index (χ3n) is 2.94. The smallest absolute Gasteiger partial charge is 0.164 e. The van der Waals surface area contributed by atoms with Crippen LogP contribution in [0.15, 0.2) is 47.1 Å². The van der Waals surface area contributed by atoms with Crippen molar-refractivity contribution in [2.75, 3.05) is 7.11 Å². The lowest BCUT2D eigenvalue weighted by molar-refractivity contribution is 0.414. The number of aromatic nitrogens is 3. The second kappa shape index (κ2) is 5.01. The summed E-state index contributed by atoms with van der Waals surface area (Å²) in [6.07, 6.45) is 2.68. The molecule has 0 atom stereocenters. The van der Waals surface area contributed by atoms with Crippen LogP contribution in [0.25, 0.3) is 5.65 Å². The highest BCUT2D eigenvalue weighted by atomic mass is 79.9. The topological polar surface area (TPSA) is 39.4 Å². The number of fused-ring (bicyclic) bond motifs is 1. The first-order chi connectivity index (χ1) is 9.26. The van der Waals surface area contributed by atoms with Crippen LogP contribution in [0.5, 0.6) is 5.75 Å². The van der Waals surface area contributed by atoms with E-state index in [4.69, 9.17) is 4.74 Å². The summed E-state index contributed by atoms with van der Waals surface area (Å²) in [7, 11) is 1.64. The first kappa shape index (κ1) is 12.2. The van der Waals surface area contributed by atoms with Crippen molar-refractivity contribution in [2.45, 2.75) is 6.42 Å². The van der Waals surface area contributed by atoms with Crippen LogP contribution in [0.1, 0.15) is 11.4 Å². The Balaban J connectivity index is 1.97. The molecule has 0 aliphatic carbocycles. The average molecular weight is 318 g/mol. The van der Waals surface area contributed by atoms with Gasteiger partial charge in [0.05, 0.1) is 7.11 Å². The maximum absolute atomic E-state index is 5.18. The number of nitrogens with zero attached hydrogens (tertiary/aromatic N) is 3. The van der Waals surface area contributed by atoms with E-state index < -0.39 is 0 Å².